The Morgan fingerprint density at radius 2 is 0.704 bits per heavy atom. The number of phosphoric acid groups is 1. The zero-order valence-electron chi connectivity index (χ0n) is 14.0. The predicted octanol–water partition coefficient (Wildman–Crippen LogP) is 6.22. The van der Waals surface area contributed by atoms with Gasteiger partial charge < -0.3 is 13.6 Å². The van der Waals surface area contributed by atoms with Gasteiger partial charge >= 0.3 is 7.82 Å². The first kappa shape index (κ1) is 27.4. The molecule has 0 atom stereocenters. The first-order valence-corrected chi connectivity index (χ1v) is 8.54. The van der Waals surface area contributed by atoms with Crippen LogP contribution in [0.15, 0.2) is 91.0 Å². The van der Waals surface area contributed by atoms with Crippen molar-refractivity contribution in [1.82, 2.24) is 0 Å². The van der Waals surface area contributed by atoms with Crippen molar-refractivity contribution in [3.8, 4) is 17.2 Å². The standard InChI is InChI=1S/C18H15O4P.B.3ClH/c19-23(20-16-10-4-1-5-11-16,21-17-12-6-2-7-13-17)22-18-14-8-3-9-15-18;;;;/h1-15H;;3*1H. The predicted molar refractivity (Wildman–Crippen MR) is 116 cm³/mol. The summed E-state index contributed by atoms with van der Waals surface area (Å²) >= 11 is 0. The molecule has 27 heavy (non-hydrogen) atoms. The van der Waals surface area contributed by atoms with E-state index < -0.39 is 7.82 Å². The lowest BCUT2D eigenvalue weighted by atomic mass is 10.3. The van der Waals surface area contributed by atoms with Crippen LogP contribution in [0.4, 0.5) is 0 Å². The maximum Gasteiger partial charge on any atom is 0.647 e. The van der Waals surface area contributed by atoms with Gasteiger partial charge in [0.1, 0.15) is 17.2 Å². The monoisotopic (exact) mass is 445 g/mol. The molecule has 0 aliphatic rings. The van der Waals surface area contributed by atoms with Gasteiger partial charge in [0, 0.05) is 8.41 Å². The Morgan fingerprint density at radius 1 is 0.481 bits per heavy atom. The lowest BCUT2D eigenvalue weighted by Crippen LogP contribution is -2.07. The summed E-state index contributed by atoms with van der Waals surface area (Å²) in [6.07, 6.45) is 0. The summed E-state index contributed by atoms with van der Waals surface area (Å²) in [6, 6.07) is 26.4. The van der Waals surface area contributed by atoms with Crippen molar-refractivity contribution >= 4 is 53.5 Å². The van der Waals surface area contributed by atoms with E-state index in [9.17, 15) is 4.57 Å². The molecular weight excluding hydrogens is 428 g/mol. The Bertz CT molecular complexity index is 687. The molecule has 0 fully saturated rings. The highest BCUT2D eigenvalue weighted by molar-refractivity contribution is 7.49. The summed E-state index contributed by atoms with van der Waals surface area (Å²) in [7, 11) is -3.89. The molecule has 0 saturated heterocycles. The number of hydrogen-bond donors (Lipinski definition) is 0. The summed E-state index contributed by atoms with van der Waals surface area (Å²) in [5.41, 5.74) is 0. The van der Waals surface area contributed by atoms with Crippen LogP contribution in [0.1, 0.15) is 0 Å². The van der Waals surface area contributed by atoms with Gasteiger partial charge in [-0.2, -0.15) is 4.57 Å². The zero-order chi connectivity index (χ0) is 16.0. The lowest BCUT2D eigenvalue weighted by molar-refractivity contribution is 0.298. The Hall–Kier alpha value is -1.78. The fourth-order valence-corrected chi connectivity index (χ4v) is 3.14. The lowest BCUT2D eigenvalue weighted by Gasteiger charge is -2.19. The zero-order valence-corrected chi connectivity index (χ0v) is 17.4. The van der Waals surface area contributed by atoms with Crippen LogP contribution in [0.2, 0.25) is 0 Å². The van der Waals surface area contributed by atoms with E-state index in [0.717, 1.165) is 0 Å². The van der Waals surface area contributed by atoms with Gasteiger partial charge in [-0.05, 0) is 36.4 Å². The summed E-state index contributed by atoms with van der Waals surface area (Å²) in [5.74, 6) is 1.22. The third-order valence-corrected chi connectivity index (χ3v) is 4.18. The third kappa shape index (κ3) is 8.64. The Morgan fingerprint density at radius 3 is 0.926 bits per heavy atom. The second-order valence-electron chi connectivity index (χ2n) is 4.66. The second kappa shape index (κ2) is 13.4. The van der Waals surface area contributed by atoms with E-state index in [0.29, 0.717) is 17.2 Å². The molecule has 0 amide bonds. The topological polar surface area (TPSA) is 44.8 Å². The largest absolute Gasteiger partial charge is 0.647 e. The average molecular weight is 446 g/mol. The summed E-state index contributed by atoms with van der Waals surface area (Å²) in [6.45, 7) is 0. The van der Waals surface area contributed by atoms with Crippen molar-refractivity contribution in [3.05, 3.63) is 91.0 Å². The minimum Gasteiger partial charge on any atom is -0.386 e. The Balaban J connectivity index is 0. The van der Waals surface area contributed by atoms with Gasteiger partial charge in [0.25, 0.3) is 0 Å². The summed E-state index contributed by atoms with van der Waals surface area (Å²) in [4.78, 5) is 0. The van der Waals surface area contributed by atoms with Crippen molar-refractivity contribution in [2.24, 2.45) is 0 Å². The van der Waals surface area contributed by atoms with Crippen LogP contribution in [0.25, 0.3) is 0 Å². The van der Waals surface area contributed by atoms with Crippen molar-refractivity contribution in [3.63, 3.8) is 0 Å². The highest BCUT2D eigenvalue weighted by atomic mass is 35.5. The number of benzene rings is 3. The fraction of sp³-hybridized carbons (Fsp3) is 0. The molecule has 0 saturated carbocycles. The van der Waals surface area contributed by atoms with Gasteiger partial charge in [-0.1, -0.05) is 54.6 Å². The molecule has 0 N–H and O–H groups in total. The molecule has 0 aromatic heterocycles. The molecule has 4 nitrogen and oxygen atoms in total. The smallest absolute Gasteiger partial charge is 0.386 e. The van der Waals surface area contributed by atoms with Crippen LogP contribution in [-0.2, 0) is 4.57 Å². The van der Waals surface area contributed by atoms with Crippen LogP contribution in [-0.4, -0.2) is 8.41 Å². The van der Waals surface area contributed by atoms with E-state index in [-0.39, 0.29) is 45.6 Å². The minimum atomic E-state index is -3.89. The van der Waals surface area contributed by atoms with E-state index in [1.54, 1.807) is 72.8 Å². The third-order valence-electron chi connectivity index (χ3n) is 2.88. The average Bonchev–Trinajstić information content (AvgIpc) is 2.57. The van der Waals surface area contributed by atoms with Gasteiger partial charge in [-0.15, -0.1) is 37.2 Å². The minimum absolute atomic E-state index is 0. The van der Waals surface area contributed by atoms with Gasteiger partial charge in [0.2, 0.25) is 0 Å². The first-order valence-electron chi connectivity index (χ1n) is 7.07. The van der Waals surface area contributed by atoms with Gasteiger partial charge in [-0.3, -0.25) is 0 Å². The Labute approximate surface area is 179 Å². The number of hydrogen-bond acceptors (Lipinski definition) is 4. The second-order valence-corrected chi connectivity index (χ2v) is 6.10. The molecule has 0 aliphatic heterocycles. The van der Waals surface area contributed by atoms with Crippen molar-refractivity contribution < 1.29 is 18.1 Å². The van der Waals surface area contributed by atoms with E-state index in [2.05, 4.69) is 0 Å². The molecule has 3 radical (unpaired) electrons. The van der Waals surface area contributed by atoms with E-state index >= 15 is 0 Å². The molecule has 0 spiro atoms. The molecule has 0 heterocycles. The molecule has 0 bridgehead atoms. The Kier molecular flexibility index (Phi) is 13.6. The molecule has 3 aromatic carbocycles. The molecule has 0 aliphatic carbocycles. The maximum atomic E-state index is 13.1. The van der Waals surface area contributed by atoms with E-state index in [1.165, 1.54) is 0 Å². The van der Waals surface area contributed by atoms with Gasteiger partial charge in [-0.25, -0.2) is 0 Å². The quantitative estimate of drug-likeness (QED) is 0.333. The van der Waals surface area contributed by atoms with Crippen LogP contribution in [0.3, 0.4) is 0 Å². The van der Waals surface area contributed by atoms with Crippen molar-refractivity contribution in [2.45, 2.75) is 0 Å². The first-order chi connectivity index (χ1) is 11.2. The van der Waals surface area contributed by atoms with Crippen molar-refractivity contribution in [2.75, 3.05) is 0 Å². The SMILES string of the molecule is Cl.Cl.Cl.O=P(Oc1ccccc1)(Oc1ccccc1)Oc1ccccc1.[B]. The highest BCUT2D eigenvalue weighted by Gasteiger charge is 2.33. The van der Waals surface area contributed by atoms with Crippen LogP contribution in [0, 0.1) is 0 Å². The van der Waals surface area contributed by atoms with Crippen LogP contribution >= 0.6 is 45.0 Å². The summed E-state index contributed by atoms with van der Waals surface area (Å²) in [5, 5.41) is 0. The fourth-order valence-electron chi connectivity index (χ4n) is 1.89. The van der Waals surface area contributed by atoms with Gasteiger partial charge in [0.05, 0.1) is 0 Å². The molecular formula is C18H18BCl3O4P. The molecule has 0 unspecified atom stereocenters. The van der Waals surface area contributed by atoms with Crippen LogP contribution < -0.4 is 13.6 Å². The normalized spacial score (nSPS) is 9.19. The number of phosphoric ester groups is 1. The number of halogens is 3. The molecule has 9 heteroatoms. The van der Waals surface area contributed by atoms with Crippen LogP contribution in [0.5, 0.6) is 17.2 Å². The number of para-hydroxylation sites is 3. The number of rotatable bonds is 6. The summed E-state index contributed by atoms with van der Waals surface area (Å²) < 4.78 is 29.6. The molecule has 143 valence electrons. The van der Waals surface area contributed by atoms with E-state index in [1.807, 2.05) is 18.2 Å². The molecule has 3 aromatic rings. The van der Waals surface area contributed by atoms with Crippen molar-refractivity contribution in [1.29, 1.82) is 0 Å². The maximum absolute atomic E-state index is 13.1. The molecule has 3 rings (SSSR count). The van der Waals surface area contributed by atoms with E-state index in [4.69, 9.17) is 13.6 Å². The highest BCUT2D eigenvalue weighted by Crippen LogP contribution is 2.49. The van der Waals surface area contributed by atoms with Gasteiger partial charge in [0.15, 0.2) is 0 Å².